The molecule has 0 saturated heterocycles. The molecular weight excluding hydrogens is 496 g/mol. The van der Waals surface area contributed by atoms with Gasteiger partial charge in [-0.1, -0.05) is 129 Å². The maximum atomic E-state index is 5.29. The van der Waals surface area contributed by atoms with Crippen molar-refractivity contribution in [3.63, 3.8) is 0 Å². The first-order valence-corrected chi connectivity index (χ1v) is 14.2. The molecule has 0 atom stereocenters. The van der Waals surface area contributed by atoms with Crippen LogP contribution in [-0.2, 0) is 5.41 Å². The van der Waals surface area contributed by atoms with Crippen LogP contribution in [0.15, 0.2) is 133 Å². The van der Waals surface area contributed by atoms with Gasteiger partial charge in [0, 0.05) is 16.5 Å². The van der Waals surface area contributed by atoms with E-state index in [2.05, 4.69) is 135 Å². The Hall–Kier alpha value is -5.08. The first-order valence-electron chi connectivity index (χ1n) is 14.2. The Morgan fingerprint density at radius 3 is 1.80 bits per heavy atom. The minimum Gasteiger partial charge on any atom is -0.244 e. The van der Waals surface area contributed by atoms with Gasteiger partial charge in [-0.15, -0.1) is 0 Å². The van der Waals surface area contributed by atoms with E-state index < -0.39 is 0 Å². The highest BCUT2D eigenvalue weighted by molar-refractivity contribution is 6.09. The van der Waals surface area contributed by atoms with Gasteiger partial charge in [0.05, 0.1) is 22.4 Å². The van der Waals surface area contributed by atoms with Crippen molar-refractivity contribution in [2.24, 2.45) is 0 Å². The number of aromatic nitrogens is 2. The van der Waals surface area contributed by atoms with Gasteiger partial charge in [0.1, 0.15) is 0 Å². The van der Waals surface area contributed by atoms with Gasteiger partial charge in [0.25, 0.3) is 0 Å². The minimum absolute atomic E-state index is 0.0770. The summed E-state index contributed by atoms with van der Waals surface area (Å²) in [7, 11) is 0. The van der Waals surface area contributed by atoms with Crippen molar-refractivity contribution < 1.29 is 0 Å². The Bertz CT molecular complexity index is 2110. The first kappa shape index (κ1) is 23.8. The topological polar surface area (TPSA) is 25.8 Å². The molecule has 6 aromatic carbocycles. The van der Waals surface area contributed by atoms with Gasteiger partial charge in [-0.05, 0) is 62.4 Å². The predicted molar refractivity (Wildman–Crippen MR) is 171 cm³/mol. The molecule has 0 fully saturated rings. The van der Waals surface area contributed by atoms with E-state index >= 15 is 0 Å². The largest absolute Gasteiger partial charge is 0.244 e. The zero-order chi connectivity index (χ0) is 27.6. The van der Waals surface area contributed by atoms with Crippen LogP contribution < -0.4 is 0 Å². The molecule has 1 aromatic heterocycles. The molecule has 2 heteroatoms. The van der Waals surface area contributed by atoms with Crippen molar-refractivity contribution in [3.05, 3.63) is 145 Å². The maximum absolute atomic E-state index is 5.29. The average Bonchev–Trinajstić information content (AvgIpc) is 3.26. The summed E-state index contributed by atoms with van der Waals surface area (Å²) in [5, 5.41) is 2.52. The molecule has 7 aromatic rings. The lowest BCUT2D eigenvalue weighted by Crippen LogP contribution is -2.14. The van der Waals surface area contributed by atoms with E-state index in [1.54, 1.807) is 0 Å². The predicted octanol–water partition coefficient (Wildman–Crippen LogP) is 10.1. The Morgan fingerprint density at radius 2 is 1.07 bits per heavy atom. The number of nitrogens with zero attached hydrogens (tertiary/aromatic N) is 2. The van der Waals surface area contributed by atoms with Crippen LogP contribution in [0.1, 0.15) is 25.0 Å². The summed E-state index contributed by atoms with van der Waals surface area (Å²) in [5.41, 5.74) is 13.5. The van der Waals surface area contributed by atoms with Crippen LogP contribution in [0.25, 0.3) is 66.6 Å². The lowest BCUT2D eigenvalue weighted by Gasteiger charge is -2.23. The van der Waals surface area contributed by atoms with Crippen molar-refractivity contribution in [1.29, 1.82) is 0 Å². The summed E-state index contributed by atoms with van der Waals surface area (Å²) in [4.78, 5) is 10.5. The zero-order valence-electron chi connectivity index (χ0n) is 23.1. The lowest BCUT2D eigenvalue weighted by atomic mass is 9.80. The van der Waals surface area contributed by atoms with Gasteiger partial charge in [0.15, 0.2) is 0 Å². The second-order valence-corrected chi connectivity index (χ2v) is 11.4. The molecular formula is C39H28N2. The van der Waals surface area contributed by atoms with E-state index in [0.29, 0.717) is 0 Å². The van der Waals surface area contributed by atoms with Crippen molar-refractivity contribution in [2.75, 3.05) is 0 Å². The summed E-state index contributed by atoms with van der Waals surface area (Å²) in [5.74, 6) is 0. The monoisotopic (exact) mass is 524 g/mol. The molecule has 2 nitrogen and oxygen atoms in total. The molecule has 194 valence electrons. The van der Waals surface area contributed by atoms with Gasteiger partial charge in [-0.2, -0.15) is 0 Å². The fraction of sp³-hybridized carbons (Fsp3) is 0.0769. The van der Waals surface area contributed by atoms with Crippen LogP contribution in [0, 0.1) is 0 Å². The van der Waals surface area contributed by atoms with Crippen molar-refractivity contribution in [3.8, 4) is 44.8 Å². The summed E-state index contributed by atoms with van der Waals surface area (Å²) < 4.78 is 0. The number of hydrogen-bond acceptors (Lipinski definition) is 2. The Balaban J connectivity index is 1.43. The van der Waals surface area contributed by atoms with Crippen LogP contribution in [-0.4, -0.2) is 9.97 Å². The highest BCUT2D eigenvalue weighted by atomic mass is 14.8. The molecule has 0 amide bonds. The fourth-order valence-electron chi connectivity index (χ4n) is 6.62. The van der Waals surface area contributed by atoms with Crippen LogP contribution in [0.2, 0.25) is 0 Å². The third-order valence-electron chi connectivity index (χ3n) is 8.64. The SMILES string of the molecule is CC1(C)c2ccccc2-c2c1cc1ccccc1c2-c1ccc2nc(-c3ccccc3)c(-c3ccccc3)nc2c1. The summed E-state index contributed by atoms with van der Waals surface area (Å²) in [6.45, 7) is 4.69. The van der Waals surface area contributed by atoms with Gasteiger partial charge >= 0.3 is 0 Å². The number of hydrogen-bond donors (Lipinski definition) is 0. The molecule has 0 radical (unpaired) electrons. The molecule has 0 unspecified atom stereocenters. The second kappa shape index (κ2) is 8.97. The molecule has 0 aliphatic heterocycles. The quantitative estimate of drug-likeness (QED) is 0.230. The summed E-state index contributed by atoms with van der Waals surface area (Å²) in [6, 6.07) is 47.4. The Kier molecular flexibility index (Phi) is 5.20. The van der Waals surface area contributed by atoms with Gasteiger partial charge < -0.3 is 0 Å². The summed E-state index contributed by atoms with van der Waals surface area (Å²) >= 11 is 0. The van der Waals surface area contributed by atoms with E-state index in [0.717, 1.165) is 33.5 Å². The Labute approximate surface area is 240 Å². The third kappa shape index (κ3) is 3.64. The average molecular weight is 525 g/mol. The highest BCUT2D eigenvalue weighted by Gasteiger charge is 2.37. The van der Waals surface area contributed by atoms with Gasteiger partial charge in [-0.25, -0.2) is 9.97 Å². The van der Waals surface area contributed by atoms with Gasteiger partial charge in [0.2, 0.25) is 0 Å². The third-order valence-corrected chi connectivity index (χ3v) is 8.64. The highest BCUT2D eigenvalue weighted by Crippen LogP contribution is 2.54. The number of fused-ring (bicyclic) bond motifs is 5. The molecule has 41 heavy (non-hydrogen) atoms. The van der Waals surface area contributed by atoms with Gasteiger partial charge in [-0.3, -0.25) is 0 Å². The molecule has 0 spiro atoms. The van der Waals surface area contributed by atoms with Crippen LogP contribution in [0.3, 0.4) is 0 Å². The molecule has 1 heterocycles. The second-order valence-electron chi connectivity index (χ2n) is 11.4. The molecule has 1 aliphatic rings. The van der Waals surface area contributed by atoms with E-state index in [1.165, 1.54) is 44.2 Å². The number of rotatable bonds is 3. The maximum Gasteiger partial charge on any atom is 0.0973 e. The smallest absolute Gasteiger partial charge is 0.0973 e. The molecule has 8 rings (SSSR count). The van der Waals surface area contributed by atoms with Crippen molar-refractivity contribution >= 4 is 21.8 Å². The van der Waals surface area contributed by atoms with Crippen LogP contribution >= 0.6 is 0 Å². The standard InChI is InChI=1S/C39H28N2/c1-39(2)31-20-12-11-19-30(31)36-32(39)23-27-17-9-10-18-29(27)35(36)28-21-22-33-34(24-28)41-38(26-15-7-4-8-16-26)37(40-33)25-13-5-3-6-14-25/h3-24H,1-2H3. The minimum atomic E-state index is -0.0770. The van der Waals surface area contributed by atoms with Crippen LogP contribution in [0.5, 0.6) is 0 Å². The van der Waals surface area contributed by atoms with Crippen molar-refractivity contribution in [1.82, 2.24) is 9.97 Å². The fourth-order valence-corrected chi connectivity index (χ4v) is 6.62. The summed E-state index contributed by atoms with van der Waals surface area (Å²) in [6.07, 6.45) is 0. The number of benzene rings is 6. The van der Waals surface area contributed by atoms with E-state index in [-0.39, 0.29) is 5.41 Å². The van der Waals surface area contributed by atoms with E-state index in [1.807, 2.05) is 12.1 Å². The van der Waals surface area contributed by atoms with E-state index in [4.69, 9.17) is 9.97 Å². The van der Waals surface area contributed by atoms with E-state index in [9.17, 15) is 0 Å². The molecule has 1 aliphatic carbocycles. The van der Waals surface area contributed by atoms with Crippen molar-refractivity contribution in [2.45, 2.75) is 19.3 Å². The zero-order valence-corrected chi connectivity index (χ0v) is 23.1. The molecule has 0 saturated carbocycles. The molecule has 0 bridgehead atoms. The first-order chi connectivity index (χ1) is 20.1. The lowest BCUT2D eigenvalue weighted by molar-refractivity contribution is 0.661. The normalized spacial score (nSPS) is 13.3. The molecule has 0 N–H and O–H groups in total. The van der Waals surface area contributed by atoms with Crippen LogP contribution in [0.4, 0.5) is 0 Å². The Morgan fingerprint density at radius 1 is 0.463 bits per heavy atom.